The number of nitrogens with one attached hydrogen (secondary N) is 1. The average molecular weight is 276 g/mol. The molecule has 4 nitrogen and oxygen atoms in total. The van der Waals surface area contributed by atoms with Crippen LogP contribution in [-0.4, -0.2) is 15.7 Å². The number of nitrogens with zero attached hydrogens (tertiary/aromatic N) is 2. The van der Waals surface area contributed by atoms with E-state index in [1.54, 1.807) is 12.3 Å². The van der Waals surface area contributed by atoms with Gasteiger partial charge < -0.3 is 5.32 Å². The number of amides is 1. The fourth-order valence-corrected chi connectivity index (χ4v) is 2.68. The monoisotopic (exact) mass is 275 g/mol. The molecule has 1 aliphatic rings. The molecule has 1 aromatic carbocycles. The Morgan fingerprint density at radius 3 is 2.84 bits per heavy atom. The van der Waals surface area contributed by atoms with E-state index < -0.39 is 0 Å². The first-order valence-electron chi connectivity index (χ1n) is 6.22. The number of carbonyl (C=O) groups is 1. The molecule has 1 amide bonds. The van der Waals surface area contributed by atoms with Gasteiger partial charge in [0, 0.05) is 34.9 Å². The van der Waals surface area contributed by atoms with Crippen LogP contribution in [0.25, 0.3) is 11.3 Å². The molecule has 0 saturated carbocycles. The number of benzene rings is 1. The van der Waals surface area contributed by atoms with E-state index in [1.807, 2.05) is 16.8 Å². The third kappa shape index (κ3) is 1.92. The Morgan fingerprint density at radius 1 is 1.37 bits per heavy atom. The summed E-state index contributed by atoms with van der Waals surface area (Å²) in [4.78, 5) is 11.8. The summed E-state index contributed by atoms with van der Waals surface area (Å²) in [6.07, 6.45) is 1.77. The normalized spacial score (nSPS) is 13.8. The van der Waals surface area contributed by atoms with Gasteiger partial charge in [-0.3, -0.25) is 9.48 Å². The molecule has 2 aromatic rings. The van der Waals surface area contributed by atoms with Crippen molar-refractivity contribution in [2.24, 2.45) is 0 Å². The van der Waals surface area contributed by atoms with Gasteiger partial charge in [0.05, 0.1) is 5.69 Å². The Balaban J connectivity index is 2.24. The number of rotatable bonds is 2. The molecule has 0 unspecified atom stereocenters. The first-order chi connectivity index (χ1) is 9.08. The predicted octanol–water partition coefficient (Wildman–Crippen LogP) is 3.03. The van der Waals surface area contributed by atoms with Crippen LogP contribution in [0.3, 0.4) is 0 Å². The highest BCUT2D eigenvalue weighted by molar-refractivity contribution is 6.31. The summed E-state index contributed by atoms with van der Waals surface area (Å²) in [5.41, 5.74) is 3.63. The Hall–Kier alpha value is -1.81. The second-order valence-corrected chi connectivity index (χ2v) is 5.35. The first kappa shape index (κ1) is 12.2. The largest absolute Gasteiger partial charge is 0.348 e. The van der Waals surface area contributed by atoms with Gasteiger partial charge in [-0.25, -0.2) is 0 Å². The second kappa shape index (κ2) is 4.38. The molecular formula is C14H14ClN3O. The molecule has 0 aliphatic carbocycles. The molecule has 1 aliphatic heterocycles. The van der Waals surface area contributed by atoms with E-state index in [-0.39, 0.29) is 11.9 Å². The van der Waals surface area contributed by atoms with Crippen LogP contribution in [0.1, 0.15) is 35.8 Å². The molecule has 5 heteroatoms. The topological polar surface area (TPSA) is 46.9 Å². The summed E-state index contributed by atoms with van der Waals surface area (Å²) in [5, 5.41) is 7.74. The van der Waals surface area contributed by atoms with Gasteiger partial charge in [0.2, 0.25) is 0 Å². The number of carbonyl (C=O) groups excluding carboxylic acids is 1. The lowest BCUT2D eigenvalue weighted by Crippen LogP contribution is -2.12. The third-order valence-corrected chi connectivity index (χ3v) is 3.54. The van der Waals surface area contributed by atoms with E-state index in [0.29, 0.717) is 17.1 Å². The summed E-state index contributed by atoms with van der Waals surface area (Å²) < 4.78 is 1.94. The van der Waals surface area contributed by atoms with Crippen LogP contribution in [0, 0.1) is 0 Å². The van der Waals surface area contributed by atoms with Crippen molar-refractivity contribution >= 4 is 17.5 Å². The Kier molecular flexibility index (Phi) is 2.82. The molecule has 1 N–H and O–H groups in total. The zero-order valence-electron chi connectivity index (χ0n) is 10.8. The van der Waals surface area contributed by atoms with E-state index in [1.165, 1.54) is 0 Å². The molecule has 3 rings (SSSR count). The quantitative estimate of drug-likeness (QED) is 0.916. The molecule has 1 aromatic heterocycles. The SMILES string of the molecule is CC(C)n1nccc1-c1cc(Cl)cc2c1CNC2=O. The highest BCUT2D eigenvalue weighted by Gasteiger charge is 2.24. The van der Waals surface area contributed by atoms with Crippen molar-refractivity contribution in [2.45, 2.75) is 26.4 Å². The minimum absolute atomic E-state index is 0.0608. The van der Waals surface area contributed by atoms with Crippen LogP contribution in [0.4, 0.5) is 0 Å². The van der Waals surface area contributed by atoms with Gasteiger partial charge in [0.15, 0.2) is 0 Å². The first-order valence-corrected chi connectivity index (χ1v) is 6.60. The number of hydrogen-bond acceptors (Lipinski definition) is 2. The predicted molar refractivity (Wildman–Crippen MR) is 74.2 cm³/mol. The Morgan fingerprint density at radius 2 is 2.11 bits per heavy atom. The van der Waals surface area contributed by atoms with E-state index in [2.05, 4.69) is 24.3 Å². The number of fused-ring (bicyclic) bond motifs is 1. The highest BCUT2D eigenvalue weighted by atomic mass is 35.5. The molecule has 19 heavy (non-hydrogen) atoms. The van der Waals surface area contributed by atoms with Gasteiger partial charge in [-0.15, -0.1) is 0 Å². The average Bonchev–Trinajstić information content (AvgIpc) is 2.96. The van der Waals surface area contributed by atoms with Crippen LogP contribution in [0.15, 0.2) is 24.4 Å². The number of halogens is 1. The fourth-order valence-electron chi connectivity index (χ4n) is 2.46. The van der Waals surface area contributed by atoms with E-state index in [4.69, 9.17) is 11.6 Å². The van der Waals surface area contributed by atoms with Crippen LogP contribution in [0.5, 0.6) is 0 Å². The maximum Gasteiger partial charge on any atom is 0.251 e. The Labute approximate surface area is 116 Å². The van der Waals surface area contributed by atoms with Crippen molar-refractivity contribution in [3.63, 3.8) is 0 Å². The summed E-state index contributed by atoms with van der Waals surface area (Å²) in [6.45, 7) is 4.69. The summed E-state index contributed by atoms with van der Waals surface area (Å²) in [7, 11) is 0. The standard InChI is InChI=1S/C14H14ClN3O/c1-8(2)18-13(3-4-17-18)10-5-9(15)6-11-12(10)7-16-14(11)19/h3-6,8H,7H2,1-2H3,(H,16,19). The fraction of sp³-hybridized carbons (Fsp3) is 0.286. The van der Waals surface area contributed by atoms with Gasteiger partial charge in [-0.05, 0) is 37.6 Å². The van der Waals surface area contributed by atoms with Crippen molar-refractivity contribution in [1.82, 2.24) is 15.1 Å². The van der Waals surface area contributed by atoms with Gasteiger partial charge in [0.1, 0.15) is 0 Å². The second-order valence-electron chi connectivity index (χ2n) is 4.92. The van der Waals surface area contributed by atoms with E-state index in [9.17, 15) is 4.79 Å². The van der Waals surface area contributed by atoms with Crippen molar-refractivity contribution in [2.75, 3.05) is 0 Å². The smallest absolute Gasteiger partial charge is 0.251 e. The molecule has 0 radical (unpaired) electrons. The number of aromatic nitrogens is 2. The van der Waals surface area contributed by atoms with Gasteiger partial charge >= 0.3 is 0 Å². The van der Waals surface area contributed by atoms with Crippen LogP contribution >= 0.6 is 11.6 Å². The molecule has 0 spiro atoms. The summed E-state index contributed by atoms with van der Waals surface area (Å²) in [6, 6.07) is 5.83. The van der Waals surface area contributed by atoms with Gasteiger partial charge in [-0.1, -0.05) is 11.6 Å². The lowest BCUT2D eigenvalue weighted by atomic mass is 10.0. The van der Waals surface area contributed by atoms with Crippen LogP contribution < -0.4 is 5.32 Å². The molecule has 0 bridgehead atoms. The maximum absolute atomic E-state index is 11.8. The van der Waals surface area contributed by atoms with Gasteiger partial charge in [0.25, 0.3) is 5.91 Å². The minimum atomic E-state index is -0.0608. The molecule has 0 saturated heterocycles. The summed E-state index contributed by atoms with van der Waals surface area (Å²) in [5.74, 6) is -0.0608. The number of hydrogen-bond donors (Lipinski definition) is 1. The molecule has 98 valence electrons. The van der Waals surface area contributed by atoms with Crippen molar-refractivity contribution in [3.8, 4) is 11.3 Å². The van der Waals surface area contributed by atoms with Crippen LogP contribution in [-0.2, 0) is 6.54 Å². The molecule has 0 fully saturated rings. The zero-order chi connectivity index (χ0) is 13.6. The lowest BCUT2D eigenvalue weighted by Gasteiger charge is -2.13. The van der Waals surface area contributed by atoms with Crippen LogP contribution in [0.2, 0.25) is 5.02 Å². The van der Waals surface area contributed by atoms with Crippen molar-refractivity contribution in [3.05, 3.63) is 40.5 Å². The minimum Gasteiger partial charge on any atom is -0.348 e. The maximum atomic E-state index is 11.8. The van der Waals surface area contributed by atoms with E-state index >= 15 is 0 Å². The molecule has 0 atom stereocenters. The molecular weight excluding hydrogens is 262 g/mol. The van der Waals surface area contributed by atoms with Crippen molar-refractivity contribution < 1.29 is 4.79 Å². The van der Waals surface area contributed by atoms with Crippen molar-refractivity contribution in [1.29, 1.82) is 0 Å². The molecule has 2 heterocycles. The zero-order valence-corrected chi connectivity index (χ0v) is 11.5. The Bertz CT molecular complexity index is 661. The van der Waals surface area contributed by atoms with E-state index in [0.717, 1.165) is 16.8 Å². The lowest BCUT2D eigenvalue weighted by molar-refractivity contribution is 0.0966. The highest BCUT2D eigenvalue weighted by Crippen LogP contribution is 2.33. The summed E-state index contributed by atoms with van der Waals surface area (Å²) >= 11 is 6.13. The third-order valence-electron chi connectivity index (χ3n) is 3.32. The van der Waals surface area contributed by atoms with Gasteiger partial charge in [-0.2, -0.15) is 5.10 Å².